The molecule has 0 spiro atoms. The van der Waals surface area contributed by atoms with Gasteiger partial charge in [0.1, 0.15) is 12.1 Å². The van der Waals surface area contributed by atoms with E-state index >= 15 is 0 Å². The summed E-state index contributed by atoms with van der Waals surface area (Å²) < 4.78 is 0. The maximum absolute atomic E-state index is 11.3. The highest BCUT2D eigenvalue weighted by atomic mass is 16.2. The Bertz CT molecular complexity index is 433. The fourth-order valence-corrected chi connectivity index (χ4v) is 1.43. The first-order valence-corrected chi connectivity index (χ1v) is 4.33. The second-order valence-electron chi connectivity index (χ2n) is 3.20. The predicted octanol–water partition coefficient (Wildman–Crippen LogP) is 1.31. The van der Waals surface area contributed by atoms with E-state index < -0.39 is 0 Å². The number of amides is 1. The van der Waals surface area contributed by atoms with Crippen molar-refractivity contribution in [2.75, 3.05) is 10.6 Å². The van der Waals surface area contributed by atoms with Gasteiger partial charge in [-0.05, 0) is 19.1 Å². The van der Waals surface area contributed by atoms with E-state index in [-0.39, 0.29) is 11.9 Å². The highest BCUT2D eigenvalue weighted by molar-refractivity contribution is 6.04. The summed E-state index contributed by atoms with van der Waals surface area (Å²) in [7, 11) is 0. The maximum atomic E-state index is 11.3. The number of carbonyl (C=O) groups is 1. The zero-order valence-electron chi connectivity index (χ0n) is 7.66. The van der Waals surface area contributed by atoms with Gasteiger partial charge in [-0.1, -0.05) is 6.07 Å². The van der Waals surface area contributed by atoms with Crippen LogP contribution in [0.15, 0.2) is 18.2 Å². The molecule has 1 aromatic rings. The average Bonchev–Trinajstić information content (AvgIpc) is 2.19. The van der Waals surface area contributed by atoms with Crippen LogP contribution in [0.3, 0.4) is 0 Å². The highest BCUT2D eigenvalue weighted by Crippen LogP contribution is 2.29. The summed E-state index contributed by atoms with van der Waals surface area (Å²) in [5, 5.41) is 14.5. The number of nitrogens with zero attached hydrogens (tertiary/aromatic N) is 1. The molecule has 2 rings (SSSR count). The summed E-state index contributed by atoms with van der Waals surface area (Å²) in [4.78, 5) is 11.3. The van der Waals surface area contributed by atoms with Crippen molar-refractivity contribution in [3.63, 3.8) is 0 Å². The first kappa shape index (κ1) is 8.57. The molecule has 0 bridgehead atoms. The Morgan fingerprint density at radius 2 is 2.29 bits per heavy atom. The molecule has 0 fully saturated rings. The Kier molecular flexibility index (Phi) is 1.86. The fourth-order valence-electron chi connectivity index (χ4n) is 1.43. The van der Waals surface area contributed by atoms with Gasteiger partial charge in [-0.2, -0.15) is 5.26 Å². The molecule has 1 amide bonds. The molecule has 1 aromatic carbocycles. The lowest BCUT2D eigenvalue weighted by Crippen LogP contribution is -2.36. The van der Waals surface area contributed by atoms with Gasteiger partial charge in [0, 0.05) is 0 Å². The van der Waals surface area contributed by atoms with Crippen molar-refractivity contribution < 1.29 is 4.79 Å². The molecular weight excluding hydrogens is 178 g/mol. The molecule has 4 heteroatoms. The van der Waals surface area contributed by atoms with Gasteiger partial charge in [0.2, 0.25) is 5.91 Å². The molecule has 2 N–H and O–H groups in total. The van der Waals surface area contributed by atoms with Crippen LogP contribution in [0.5, 0.6) is 0 Å². The van der Waals surface area contributed by atoms with E-state index in [2.05, 4.69) is 10.6 Å². The molecule has 4 nitrogen and oxygen atoms in total. The number of benzene rings is 1. The van der Waals surface area contributed by atoms with E-state index in [1.165, 1.54) is 0 Å². The van der Waals surface area contributed by atoms with Gasteiger partial charge in [0.15, 0.2) is 0 Å². The summed E-state index contributed by atoms with van der Waals surface area (Å²) in [6, 6.07) is 7.09. The maximum Gasteiger partial charge on any atom is 0.246 e. The molecule has 1 aliphatic rings. The van der Waals surface area contributed by atoms with E-state index in [1.54, 1.807) is 19.1 Å². The highest BCUT2D eigenvalue weighted by Gasteiger charge is 2.22. The molecule has 1 aliphatic heterocycles. The number of hydrogen-bond acceptors (Lipinski definition) is 3. The first-order valence-electron chi connectivity index (χ1n) is 4.33. The molecule has 14 heavy (non-hydrogen) atoms. The summed E-state index contributed by atoms with van der Waals surface area (Å²) in [5.74, 6) is -0.111. The molecule has 0 radical (unpaired) electrons. The molecule has 1 atom stereocenters. The Labute approximate surface area is 81.5 Å². The molecule has 1 unspecified atom stereocenters. The predicted molar refractivity (Wildman–Crippen MR) is 52.9 cm³/mol. The zero-order valence-corrected chi connectivity index (χ0v) is 7.66. The summed E-state index contributed by atoms with van der Waals surface area (Å²) in [6.07, 6.45) is 0. The average molecular weight is 187 g/mol. The van der Waals surface area contributed by atoms with Crippen LogP contribution in [0.2, 0.25) is 0 Å². The van der Waals surface area contributed by atoms with Crippen molar-refractivity contribution in [2.45, 2.75) is 13.0 Å². The lowest BCUT2D eigenvalue weighted by molar-refractivity contribution is -0.116. The Balaban J connectivity index is 2.52. The Morgan fingerprint density at radius 3 is 3.00 bits per heavy atom. The van der Waals surface area contributed by atoms with Gasteiger partial charge < -0.3 is 10.6 Å². The number of rotatable bonds is 0. The van der Waals surface area contributed by atoms with Crippen molar-refractivity contribution in [3.05, 3.63) is 23.8 Å². The van der Waals surface area contributed by atoms with Gasteiger partial charge >= 0.3 is 0 Å². The van der Waals surface area contributed by atoms with E-state index in [0.29, 0.717) is 11.3 Å². The molecule has 70 valence electrons. The van der Waals surface area contributed by atoms with E-state index in [4.69, 9.17) is 5.26 Å². The number of carbonyl (C=O) groups excluding carboxylic acids is 1. The normalized spacial score (nSPS) is 18.9. The molecule has 0 saturated heterocycles. The molecule has 0 aliphatic carbocycles. The van der Waals surface area contributed by atoms with E-state index in [0.717, 1.165) is 5.69 Å². The third-order valence-corrected chi connectivity index (χ3v) is 2.20. The van der Waals surface area contributed by atoms with Crippen LogP contribution in [0.25, 0.3) is 0 Å². The first-order chi connectivity index (χ1) is 6.72. The zero-order chi connectivity index (χ0) is 10.1. The molecule has 0 saturated carbocycles. The Hall–Kier alpha value is -2.02. The lowest BCUT2D eigenvalue weighted by Gasteiger charge is -2.24. The van der Waals surface area contributed by atoms with Crippen molar-refractivity contribution in [3.8, 4) is 6.07 Å². The number of anilines is 2. The quantitative estimate of drug-likeness (QED) is 0.643. The van der Waals surface area contributed by atoms with Crippen molar-refractivity contribution in [1.29, 1.82) is 5.26 Å². The van der Waals surface area contributed by atoms with Gasteiger partial charge in [-0.25, -0.2) is 0 Å². The molecule has 1 heterocycles. The van der Waals surface area contributed by atoms with Crippen LogP contribution >= 0.6 is 0 Å². The van der Waals surface area contributed by atoms with E-state index in [9.17, 15) is 4.79 Å². The minimum absolute atomic E-state index is 0.111. The van der Waals surface area contributed by atoms with Crippen LogP contribution < -0.4 is 10.6 Å². The van der Waals surface area contributed by atoms with Crippen molar-refractivity contribution in [2.24, 2.45) is 0 Å². The number of nitriles is 1. The van der Waals surface area contributed by atoms with E-state index in [1.807, 2.05) is 12.1 Å². The third kappa shape index (κ3) is 1.19. The largest absolute Gasteiger partial charge is 0.372 e. The standard InChI is InChI=1S/C10H9N3O/c1-6-10(14)13-9-7(5-11)3-2-4-8(9)12-6/h2-4,6,12H,1H3,(H,13,14). The topological polar surface area (TPSA) is 64.9 Å². The van der Waals surface area contributed by atoms with Crippen LogP contribution in [0, 0.1) is 11.3 Å². The molecular formula is C10H9N3O. The number of fused-ring (bicyclic) bond motifs is 1. The Morgan fingerprint density at radius 1 is 1.50 bits per heavy atom. The summed E-state index contributed by atoms with van der Waals surface area (Å²) in [6.45, 7) is 1.78. The second-order valence-corrected chi connectivity index (χ2v) is 3.20. The number of nitrogens with one attached hydrogen (secondary N) is 2. The minimum atomic E-state index is -0.253. The SMILES string of the molecule is CC1Nc2cccc(C#N)c2NC1=O. The fraction of sp³-hybridized carbons (Fsp3) is 0.200. The monoisotopic (exact) mass is 187 g/mol. The summed E-state index contributed by atoms with van der Waals surface area (Å²) >= 11 is 0. The third-order valence-electron chi connectivity index (χ3n) is 2.20. The molecule has 0 aromatic heterocycles. The smallest absolute Gasteiger partial charge is 0.246 e. The number of hydrogen-bond donors (Lipinski definition) is 2. The van der Waals surface area contributed by atoms with Crippen LogP contribution in [-0.2, 0) is 4.79 Å². The summed E-state index contributed by atoms with van der Waals surface area (Å²) in [5.41, 5.74) is 1.87. The van der Waals surface area contributed by atoms with Crippen molar-refractivity contribution >= 4 is 17.3 Å². The second kappa shape index (κ2) is 3.04. The van der Waals surface area contributed by atoms with Crippen LogP contribution in [0.1, 0.15) is 12.5 Å². The van der Waals surface area contributed by atoms with Crippen molar-refractivity contribution in [1.82, 2.24) is 0 Å². The van der Waals surface area contributed by atoms with Gasteiger partial charge in [-0.15, -0.1) is 0 Å². The minimum Gasteiger partial charge on any atom is -0.372 e. The van der Waals surface area contributed by atoms with Crippen LogP contribution in [0.4, 0.5) is 11.4 Å². The number of para-hydroxylation sites is 1. The van der Waals surface area contributed by atoms with Crippen LogP contribution in [-0.4, -0.2) is 11.9 Å². The van der Waals surface area contributed by atoms with Gasteiger partial charge in [0.25, 0.3) is 0 Å². The van der Waals surface area contributed by atoms with Gasteiger partial charge in [0.05, 0.1) is 16.9 Å². The lowest BCUT2D eigenvalue weighted by atomic mass is 10.1. The van der Waals surface area contributed by atoms with Gasteiger partial charge in [-0.3, -0.25) is 4.79 Å².